The van der Waals surface area contributed by atoms with E-state index in [1.807, 2.05) is 20.8 Å². The van der Waals surface area contributed by atoms with Crippen LogP contribution in [0.4, 0.5) is 0 Å². The molecule has 0 aromatic carbocycles. The first-order valence-electron chi connectivity index (χ1n) is 15.2. The lowest BCUT2D eigenvalue weighted by atomic mass is 9.28. The minimum absolute atomic E-state index is 0.0304. The maximum Gasteiger partial charge on any atom is 0.330 e. The molecule has 5 aliphatic rings. The van der Waals surface area contributed by atoms with Crippen LogP contribution in [0.3, 0.4) is 0 Å². The van der Waals surface area contributed by atoms with Gasteiger partial charge in [0.1, 0.15) is 18.1 Å². The second kappa shape index (κ2) is 9.49. The number of esters is 3. The standard InChI is InChI=1S/C32H48O10/c1-18(33)30-17-41-21(35)9-8-20(30)28(5)13-15-31(25(37)40-7)29(6,23(28)22(36)24(30)42-19(2)34)14-11-26(3)10-12-27(4,38)16-32(26,31)39/h8-9,18,20,22-24,33,36,38-39H,10-17H2,1-7H3. The molecule has 1 heterocycles. The predicted octanol–water partition coefficient (Wildman–Crippen LogP) is 2.44. The van der Waals surface area contributed by atoms with Gasteiger partial charge < -0.3 is 34.6 Å². The van der Waals surface area contributed by atoms with Gasteiger partial charge in [0.15, 0.2) is 0 Å². The van der Waals surface area contributed by atoms with Crippen LogP contribution in [0.15, 0.2) is 12.2 Å². The van der Waals surface area contributed by atoms with Gasteiger partial charge in [-0.1, -0.05) is 26.8 Å². The highest BCUT2D eigenvalue weighted by atomic mass is 16.6. The first-order chi connectivity index (χ1) is 19.3. The van der Waals surface area contributed by atoms with Crippen molar-refractivity contribution in [2.75, 3.05) is 13.7 Å². The zero-order chi connectivity index (χ0) is 31.3. The molecule has 4 fully saturated rings. The number of aliphatic hydroxyl groups excluding tert-OH is 2. The maximum atomic E-state index is 14.3. The predicted molar refractivity (Wildman–Crippen MR) is 149 cm³/mol. The highest BCUT2D eigenvalue weighted by molar-refractivity contribution is 5.83. The highest BCUT2D eigenvalue weighted by Crippen LogP contribution is 2.78. The molecule has 0 bridgehead atoms. The molecule has 4 saturated carbocycles. The van der Waals surface area contributed by atoms with Gasteiger partial charge in [0.2, 0.25) is 0 Å². The molecule has 12 unspecified atom stereocenters. The molecule has 42 heavy (non-hydrogen) atoms. The Morgan fingerprint density at radius 2 is 1.69 bits per heavy atom. The smallest absolute Gasteiger partial charge is 0.330 e. The zero-order valence-electron chi connectivity index (χ0n) is 25.9. The van der Waals surface area contributed by atoms with E-state index in [9.17, 15) is 34.8 Å². The second-order valence-electron chi connectivity index (χ2n) is 15.1. The van der Waals surface area contributed by atoms with Crippen LogP contribution >= 0.6 is 0 Å². The molecule has 5 rings (SSSR count). The average Bonchev–Trinajstić information content (AvgIpc) is 3.07. The van der Waals surface area contributed by atoms with Gasteiger partial charge >= 0.3 is 17.9 Å². The number of cyclic esters (lactones) is 1. The number of methoxy groups -OCH3 is 1. The molecular weight excluding hydrogens is 544 g/mol. The molecule has 0 aromatic rings. The van der Waals surface area contributed by atoms with Crippen LogP contribution < -0.4 is 0 Å². The fourth-order valence-corrected chi connectivity index (χ4v) is 11.1. The van der Waals surface area contributed by atoms with Crippen LogP contribution in [0.1, 0.15) is 86.5 Å². The van der Waals surface area contributed by atoms with Crippen molar-refractivity contribution in [3.8, 4) is 0 Å². The van der Waals surface area contributed by atoms with E-state index in [2.05, 4.69) is 0 Å². The van der Waals surface area contributed by atoms with E-state index in [0.717, 1.165) is 0 Å². The van der Waals surface area contributed by atoms with E-state index in [-0.39, 0.29) is 19.4 Å². The first kappa shape index (κ1) is 31.4. The first-order valence-corrected chi connectivity index (χ1v) is 15.2. The van der Waals surface area contributed by atoms with Crippen molar-refractivity contribution in [1.82, 2.24) is 0 Å². The number of hydrogen-bond acceptors (Lipinski definition) is 10. The van der Waals surface area contributed by atoms with Gasteiger partial charge in [0.05, 0.1) is 35.9 Å². The van der Waals surface area contributed by atoms with Crippen LogP contribution in [-0.2, 0) is 28.6 Å². The molecule has 0 amide bonds. The molecule has 10 heteroatoms. The van der Waals surface area contributed by atoms with Crippen molar-refractivity contribution >= 4 is 17.9 Å². The van der Waals surface area contributed by atoms with Crippen LogP contribution in [-0.4, -0.2) is 81.6 Å². The Balaban J connectivity index is 1.79. The van der Waals surface area contributed by atoms with E-state index in [0.29, 0.717) is 32.1 Å². The number of ether oxygens (including phenoxy) is 3. The topological polar surface area (TPSA) is 160 Å². The molecular formula is C32H48O10. The molecule has 1 aliphatic heterocycles. The third kappa shape index (κ3) is 3.67. The number of fused-ring (bicyclic) bond motifs is 7. The average molecular weight is 593 g/mol. The van der Waals surface area contributed by atoms with Gasteiger partial charge in [0, 0.05) is 25.3 Å². The molecule has 0 radical (unpaired) electrons. The summed E-state index contributed by atoms with van der Waals surface area (Å²) in [4.78, 5) is 39.4. The maximum absolute atomic E-state index is 14.3. The minimum atomic E-state index is -1.67. The van der Waals surface area contributed by atoms with E-state index >= 15 is 0 Å². The summed E-state index contributed by atoms with van der Waals surface area (Å²) in [6.07, 6.45) is 1.70. The quantitative estimate of drug-likeness (QED) is 0.283. The number of rotatable bonds is 3. The number of hydrogen-bond donors (Lipinski definition) is 4. The highest BCUT2D eigenvalue weighted by Gasteiger charge is 2.82. The Morgan fingerprint density at radius 1 is 1.05 bits per heavy atom. The van der Waals surface area contributed by atoms with Gasteiger partial charge in [-0.2, -0.15) is 0 Å². The van der Waals surface area contributed by atoms with Crippen molar-refractivity contribution in [2.45, 2.75) is 116 Å². The Morgan fingerprint density at radius 3 is 2.29 bits per heavy atom. The van der Waals surface area contributed by atoms with Crippen LogP contribution in [0.25, 0.3) is 0 Å². The van der Waals surface area contributed by atoms with Crippen LogP contribution in [0, 0.1) is 38.9 Å². The van der Waals surface area contributed by atoms with Crippen LogP contribution in [0.2, 0.25) is 0 Å². The van der Waals surface area contributed by atoms with Gasteiger partial charge in [-0.05, 0) is 74.5 Å². The zero-order valence-corrected chi connectivity index (χ0v) is 25.9. The summed E-state index contributed by atoms with van der Waals surface area (Å²) in [6.45, 7) is 10.1. The summed E-state index contributed by atoms with van der Waals surface area (Å²) < 4.78 is 16.9. The largest absolute Gasteiger partial charge is 0.468 e. The molecule has 236 valence electrons. The molecule has 12 atom stereocenters. The monoisotopic (exact) mass is 592 g/mol. The van der Waals surface area contributed by atoms with Gasteiger partial charge in [0.25, 0.3) is 0 Å². The lowest BCUT2D eigenvalue weighted by Crippen LogP contribution is -2.81. The Hall–Kier alpha value is -2.01. The van der Waals surface area contributed by atoms with Crippen molar-refractivity contribution in [3.63, 3.8) is 0 Å². The van der Waals surface area contributed by atoms with E-state index in [1.54, 1.807) is 19.9 Å². The SMILES string of the molecule is COC(=O)C12CCC3(C)C4C=CC(=O)OCC4(C(C)O)C(OC(C)=O)C(O)C3C1(C)CCC1(C)CCC(C)(O)CC12O. The Bertz CT molecular complexity index is 1200. The molecule has 0 saturated heterocycles. The number of carbonyl (C=O) groups is 3. The van der Waals surface area contributed by atoms with Gasteiger partial charge in [-0.15, -0.1) is 0 Å². The number of allylic oxidation sites excluding steroid dienone is 1. The van der Waals surface area contributed by atoms with E-state index in [1.165, 1.54) is 20.1 Å². The van der Waals surface area contributed by atoms with E-state index < -0.39 is 86.3 Å². The summed E-state index contributed by atoms with van der Waals surface area (Å²) >= 11 is 0. The molecule has 0 spiro atoms. The molecule has 0 aromatic heterocycles. The Labute approximate surface area is 247 Å². The van der Waals surface area contributed by atoms with Gasteiger partial charge in [-0.3, -0.25) is 9.59 Å². The third-order valence-electron chi connectivity index (χ3n) is 13.1. The summed E-state index contributed by atoms with van der Waals surface area (Å²) in [5.41, 5.74) is -8.39. The van der Waals surface area contributed by atoms with Crippen molar-refractivity contribution < 1.29 is 49.0 Å². The van der Waals surface area contributed by atoms with Crippen molar-refractivity contribution in [3.05, 3.63) is 12.2 Å². The summed E-state index contributed by atoms with van der Waals surface area (Å²) in [7, 11) is 1.30. The molecule has 4 N–H and O–H groups in total. The van der Waals surface area contributed by atoms with Crippen molar-refractivity contribution in [1.29, 1.82) is 0 Å². The minimum Gasteiger partial charge on any atom is -0.468 e. The lowest BCUT2D eigenvalue weighted by Gasteiger charge is -2.76. The summed E-state index contributed by atoms with van der Waals surface area (Å²) in [5, 5.41) is 48.1. The number of carbonyl (C=O) groups excluding carboxylic acids is 3. The van der Waals surface area contributed by atoms with Crippen LogP contribution in [0.5, 0.6) is 0 Å². The molecule has 10 nitrogen and oxygen atoms in total. The summed E-state index contributed by atoms with van der Waals surface area (Å²) in [6, 6.07) is 0. The second-order valence-corrected chi connectivity index (χ2v) is 15.1. The summed E-state index contributed by atoms with van der Waals surface area (Å²) in [5.74, 6) is -3.19. The van der Waals surface area contributed by atoms with Crippen molar-refractivity contribution in [2.24, 2.45) is 38.9 Å². The fourth-order valence-electron chi connectivity index (χ4n) is 11.1. The van der Waals surface area contributed by atoms with E-state index in [4.69, 9.17) is 14.2 Å². The third-order valence-corrected chi connectivity index (χ3v) is 13.1. The Kier molecular flexibility index (Phi) is 7.10. The van der Waals surface area contributed by atoms with Gasteiger partial charge in [-0.25, -0.2) is 4.79 Å². The fraction of sp³-hybridized carbons (Fsp3) is 0.844. The normalized spacial score (nSPS) is 52.3. The lowest BCUT2D eigenvalue weighted by molar-refractivity contribution is -0.347. The molecule has 4 aliphatic carbocycles. The number of aliphatic hydroxyl groups is 4.